The van der Waals surface area contributed by atoms with E-state index >= 15 is 0 Å². The van der Waals surface area contributed by atoms with Gasteiger partial charge < -0.3 is 11.1 Å². The molecule has 1 aliphatic heterocycles. The predicted molar refractivity (Wildman–Crippen MR) is 81.8 cm³/mol. The lowest BCUT2D eigenvalue weighted by molar-refractivity contribution is -0.140. The third kappa shape index (κ3) is 3.96. The van der Waals surface area contributed by atoms with Gasteiger partial charge in [-0.15, -0.1) is 5.10 Å². The molecular weight excluding hydrogens is 276 g/mol. The normalized spacial score (nSPS) is 19.9. The van der Waals surface area contributed by atoms with Gasteiger partial charge in [0.15, 0.2) is 5.17 Å². The first kappa shape index (κ1) is 17.0. The Bertz CT molecular complexity index is 435. The molecule has 0 saturated carbocycles. The maximum Gasteiger partial charge on any atom is 0.249 e. The van der Waals surface area contributed by atoms with E-state index in [-0.39, 0.29) is 23.7 Å². The minimum absolute atomic E-state index is 0.111. The van der Waals surface area contributed by atoms with E-state index in [2.05, 4.69) is 10.4 Å². The second kappa shape index (κ2) is 5.73. The molecule has 1 atom stereocenters. The zero-order valence-corrected chi connectivity index (χ0v) is 13.8. The fraction of sp³-hybridized carbons (Fsp3) is 0.769. The zero-order chi connectivity index (χ0) is 15.7. The Morgan fingerprint density at radius 3 is 2.20 bits per heavy atom. The van der Waals surface area contributed by atoms with E-state index in [1.54, 1.807) is 0 Å². The Hall–Kier alpha value is -1.08. The van der Waals surface area contributed by atoms with Crippen LogP contribution in [-0.4, -0.2) is 33.9 Å². The molecule has 1 unspecified atom stereocenters. The molecule has 20 heavy (non-hydrogen) atoms. The molecule has 1 rings (SSSR count). The number of nitrogens with two attached hydrogens (primary N) is 1. The van der Waals surface area contributed by atoms with Crippen LogP contribution >= 0.6 is 11.8 Å². The average Bonchev–Trinajstić information content (AvgIpc) is 2.68. The molecule has 2 amide bonds. The third-order valence-electron chi connectivity index (χ3n) is 2.67. The van der Waals surface area contributed by atoms with Crippen molar-refractivity contribution in [2.24, 2.45) is 21.7 Å². The number of carbonyl (C=O) groups is 2. The first-order valence-corrected chi connectivity index (χ1v) is 7.45. The van der Waals surface area contributed by atoms with Crippen LogP contribution in [0.3, 0.4) is 0 Å². The predicted octanol–water partition coefficient (Wildman–Crippen LogP) is 1.33. The van der Waals surface area contributed by atoms with Crippen LogP contribution in [0.2, 0.25) is 0 Å². The molecular formula is C13H24N4O2S. The van der Waals surface area contributed by atoms with E-state index in [1.165, 1.54) is 16.8 Å². The lowest BCUT2D eigenvalue weighted by Gasteiger charge is -2.26. The Kier molecular flexibility index (Phi) is 4.86. The summed E-state index contributed by atoms with van der Waals surface area (Å²) in [7, 11) is 0. The van der Waals surface area contributed by atoms with E-state index in [9.17, 15) is 9.59 Å². The highest BCUT2D eigenvalue weighted by Gasteiger charge is 2.38. The summed E-state index contributed by atoms with van der Waals surface area (Å²) in [6.07, 6.45) is 0. The molecule has 0 aromatic carbocycles. The standard InChI is InChI=1S/C13H24N4O2S/c1-12(2,3)9(18)15-11-16-17(8(7-14)20-11)10(19)13(4,5)6/h8H,7,14H2,1-6H3,(H,15,16,18). The Balaban J connectivity index is 2.87. The van der Waals surface area contributed by atoms with Gasteiger partial charge in [0.05, 0.1) is 0 Å². The molecule has 0 aromatic heterocycles. The quantitative estimate of drug-likeness (QED) is 0.764. The summed E-state index contributed by atoms with van der Waals surface area (Å²) in [6, 6.07) is 0. The van der Waals surface area contributed by atoms with Crippen LogP contribution in [0.15, 0.2) is 5.10 Å². The molecule has 0 aromatic rings. The Labute approximate surface area is 124 Å². The van der Waals surface area contributed by atoms with Gasteiger partial charge in [0.1, 0.15) is 5.37 Å². The van der Waals surface area contributed by atoms with Crippen molar-refractivity contribution in [3.05, 3.63) is 0 Å². The van der Waals surface area contributed by atoms with Crippen molar-refractivity contribution in [1.82, 2.24) is 10.3 Å². The van der Waals surface area contributed by atoms with Crippen LogP contribution in [0.1, 0.15) is 41.5 Å². The highest BCUT2D eigenvalue weighted by Crippen LogP contribution is 2.29. The van der Waals surface area contributed by atoms with Crippen LogP contribution in [0, 0.1) is 10.8 Å². The van der Waals surface area contributed by atoms with E-state index in [4.69, 9.17) is 5.73 Å². The number of hydrogen-bond donors (Lipinski definition) is 2. The van der Waals surface area contributed by atoms with Crippen molar-refractivity contribution in [3.8, 4) is 0 Å². The molecule has 1 aliphatic rings. The van der Waals surface area contributed by atoms with Gasteiger partial charge in [0, 0.05) is 17.4 Å². The molecule has 6 nitrogen and oxygen atoms in total. The fourth-order valence-electron chi connectivity index (χ4n) is 1.37. The molecule has 0 spiro atoms. The second-order valence-corrected chi connectivity index (χ2v) is 7.98. The van der Waals surface area contributed by atoms with Gasteiger partial charge in [-0.3, -0.25) is 9.59 Å². The largest absolute Gasteiger partial charge is 0.328 e. The number of amides is 2. The SMILES string of the molecule is CC(C)(C)C(=O)NC1=NN(C(=O)C(C)(C)C)C(CN)S1. The number of nitrogens with zero attached hydrogens (tertiary/aromatic N) is 2. The maximum absolute atomic E-state index is 12.3. The van der Waals surface area contributed by atoms with Gasteiger partial charge in [-0.05, 0) is 0 Å². The molecule has 0 saturated heterocycles. The lowest BCUT2D eigenvalue weighted by Crippen LogP contribution is -2.42. The minimum atomic E-state index is -0.541. The molecule has 3 N–H and O–H groups in total. The third-order valence-corrected chi connectivity index (χ3v) is 3.74. The summed E-state index contributed by atoms with van der Waals surface area (Å²) in [5.74, 6) is -0.245. The average molecular weight is 300 g/mol. The second-order valence-electron chi connectivity index (χ2n) is 6.82. The monoisotopic (exact) mass is 300 g/mol. The number of nitrogens with one attached hydrogen (secondary N) is 1. The molecule has 1 heterocycles. The highest BCUT2D eigenvalue weighted by molar-refractivity contribution is 8.14. The van der Waals surface area contributed by atoms with Gasteiger partial charge in [-0.1, -0.05) is 53.3 Å². The number of hydrazone groups is 1. The fourth-order valence-corrected chi connectivity index (χ4v) is 2.25. The summed E-state index contributed by atoms with van der Waals surface area (Å²) >= 11 is 1.31. The van der Waals surface area contributed by atoms with Crippen LogP contribution in [0.25, 0.3) is 0 Å². The van der Waals surface area contributed by atoms with Gasteiger partial charge in [-0.2, -0.15) is 0 Å². The molecule has 0 aliphatic carbocycles. The maximum atomic E-state index is 12.3. The minimum Gasteiger partial charge on any atom is -0.328 e. The summed E-state index contributed by atoms with van der Waals surface area (Å²) in [5, 5.41) is 8.50. The molecule has 114 valence electrons. The van der Waals surface area contributed by atoms with Crippen LogP contribution in [-0.2, 0) is 9.59 Å². The number of carbonyl (C=O) groups excluding carboxylic acids is 2. The molecule has 0 bridgehead atoms. The van der Waals surface area contributed by atoms with Crippen LogP contribution in [0.4, 0.5) is 0 Å². The van der Waals surface area contributed by atoms with E-state index in [0.29, 0.717) is 5.17 Å². The smallest absolute Gasteiger partial charge is 0.249 e. The van der Waals surface area contributed by atoms with Crippen molar-refractivity contribution in [1.29, 1.82) is 0 Å². The Morgan fingerprint density at radius 1 is 1.25 bits per heavy atom. The van der Waals surface area contributed by atoms with Gasteiger partial charge >= 0.3 is 0 Å². The number of rotatable bonds is 1. The van der Waals surface area contributed by atoms with E-state index in [1.807, 2.05) is 41.5 Å². The van der Waals surface area contributed by atoms with Crippen molar-refractivity contribution in [2.75, 3.05) is 6.54 Å². The highest BCUT2D eigenvalue weighted by atomic mass is 32.2. The zero-order valence-electron chi connectivity index (χ0n) is 13.0. The number of hydrogen-bond acceptors (Lipinski definition) is 5. The lowest BCUT2D eigenvalue weighted by atomic mass is 9.95. The number of amidine groups is 1. The van der Waals surface area contributed by atoms with Crippen LogP contribution < -0.4 is 11.1 Å². The molecule has 7 heteroatoms. The molecule has 0 fully saturated rings. The first-order valence-electron chi connectivity index (χ1n) is 6.57. The number of thioether (sulfide) groups is 1. The first-order chi connectivity index (χ1) is 8.96. The summed E-state index contributed by atoms with van der Waals surface area (Å²) in [5.41, 5.74) is 4.63. The van der Waals surface area contributed by atoms with Gasteiger partial charge in [-0.25, -0.2) is 5.01 Å². The van der Waals surface area contributed by atoms with Crippen molar-refractivity contribution in [2.45, 2.75) is 46.9 Å². The van der Waals surface area contributed by atoms with Gasteiger partial charge in [0.2, 0.25) is 11.8 Å². The van der Waals surface area contributed by atoms with Crippen molar-refractivity contribution in [3.63, 3.8) is 0 Å². The van der Waals surface area contributed by atoms with Crippen molar-refractivity contribution < 1.29 is 9.59 Å². The topological polar surface area (TPSA) is 87.8 Å². The van der Waals surface area contributed by atoms with Gasteiger partial charge in [0.25, 0.3) is 0 Å². The summed E-state index contributed by atoms with van der Waals surface area (Å²) in [6.45, 7) is 11.2. The van der Waals surface area contributed by atoms with Crippen LogP contribution in [0.5, 0.6) is 0 Å². The molecule has 0 radical (unpaired) electrons. The Morgan fingerprint density at radius 2 is 1.80 bits per heavy atom. The summed E-state index contributed by atoms with van der Waals surface area (Å²) in [4.78, 5) is 24.3. The van der Waals surface area contributed by atoms with E-state index < -0.39 is 10.8 Å². The van der Waals surface area contributed by atoms with Crippen molar-refractivity contribution >= 4 is 28.7 Å². The van der Waals surface area contributed by atoms with E-state index in [0.717, 1.165) is 0 Å². The summed E-state index contributed by atoms with van der Waals surface area (Å²) < 4.78 is 0.